The summed E-state index contributed by atoms with van der Waals surface area (Å²) in [5.74, 6) is -0.675. The van der Waals surface area contributed by atoms with Gasteiger partial charge in [0, 0.05) is 6.42 Å². The number of hydrogen-bond acceptors (Lipinski definition) is 1. The van der Waals surface area contributed by atoms with Gasteiger partial charge in [-0.05, 0) is 13.3 Å². The lowest BCUT2D eigenvalue weighted by Crippen LogP contribution is -1.92. The third-order valence-corrected chi connectivity index (χ3v) is 2.18. The van der Waals surface area contributed by atoms with E-state index in [2.05, 4.69) is 26.0 Å². The minimum Gasteiger partial charge on any atom is -0.481 e. The van der Waals surface area contributed by atoms with Crippen LogP contribution in [0.5, 0.6) is 0 Å². The van der Waals surface area contributed by atoms with Crippen molar-refractivity contribution in [2.75, 3.05) is 0 Å². The van der Waals surface area contributed by atoms with E-state index in [0.29, 0.717) is 6.42 Å². The molecule has 1 aromatic rings. The summed E-state index contributed by atoms with van der Waals surface area (Å²) >= 11 is 0. The Bertz CT molecular complexity index is 273. The van der Waals surface area contributed by atoms with Crippen LogP contribution in [0.25, 0.3) is 0 Å². The molecule has 1 N–H and O–H groups in total. The topological polar surface area (TPSA) is 37.3 Å². The first-order valence-corrected chi connectivity index (χ1v) is 5.90. The fourth-order valence-corrected chi connectivity index (χ4v) is 1.24. The van der Waals surface area contributed by atoms with Gasteiger partial charge in [0.05, 0.1) is 0 Å². The number of carbonyl (C=O) groups is 1. The Morgan fingerprint density at radius 2 is 1.71 bits per heavy atom. The first-order chi connectivity index (χ1) is 7.66. The molecule has 1 rings (SSSR count). The highest BCUT2D eigenvalue weighted by atomic mass is 31.0. The van der Waals surface area contributed by atoms with E-state index in [0.717, 1.165) is 19.3 Å². The minimum atomic E-state index is -0.675. The van der Waals surface area contributed by atoms with Gasteiger partial charge in [-0.15, -0.1) is 0 Å². The fourth-order valence-electron chi connectivity index (χ4n) is 1.24. The number of carboxylic acid groups (broad SMARTS) is 1. The lowest BCUT2D eigenvalue weighted by atomic mass is 10.2. The molecule has 0 saturated carbocycles. The number of unbranched alkanes of at least 4 members (excludes halogenated alkanes) is 3. The molecule has 0 spiro atoms. The lowest BCUT2D eigenvalue weighted by molar-refractivity contribution is -0.137. The maximum Gasteiger partial charge on any atom is 0.303 e. The Morgan fingerprint density at radius 1 is 1.12 bits per heavy atom. The number of hydrogen-bond donors (Lipinski definition) is 1. The van der Waals surface area contributed by atoms with Crippen LogP contribution in [-0.2, 0) is 4.79 Å². The summed E-state index contributed by atoms with van der Waals surface area (Å²) in [4.78, 5) is 9.96. The van der Waals surface area contributed by atoms with Crippen LogP contribution >= 0.6 is 9.90 Å². The summed E-state index contributed by atoms with van der Waals surface area (Å²) < 4.78 is 0. The summed E-state index contributed by atoms with van der Waals surface area (Å²) in [6.45, 7) is 4.20. The summed E-state index contributed by atoms with van der Waals surface area (Å²) in [6.07, 6.45) is 4.55. The Morgan fingerprint density at radius 3 is 2.06 bits per heavy atom. The summed E-state index contributed by atoms with van der Waals surface area (Å²) in [5, 5.41) is 8.21. The van der Waals surface area contributed by atoms with Crippen molar-refractivity contribution in [2.45, 2.75) is 46.0 Å². The predicted molar refractivity (Wildman–Crippen MR) is 78.7 cm³/mol. The van der Waals surface area contributed by atoms with E-state index < -0.39 is 5.97 Å². The SMILES string of the molecule is CCCCCCC(=O)O.Cc1ccccc1.P. The molecule has 0 aliphatic rings. The van der Waals surface area contributed by atoms with Gasteiger partial charge < -0.3 is 5.11 Å². The maximum atomic E-state index is 9.96. The van der Waals surface area contributed by atoms with Crippen molar-refractivity contribution in [3.05, 3.63) is 35.9 Å². The molecule has 0 amide bonds. The van der Waals surface area contributed by atoms with E-state index in [1.165, 1.54) is 12.0 Å². The van der Waals surface area contributed by atoms with E-state index in [1.807, 2.05) is 18.2 Å². The van der Waals surface area contributed by atoms with Crippen molar-refractivity contribution in [2.24, 2.45) is 0 Å². The van der Waals surface area contributed by atoms with Crippen LogP contribution in [0.15, 0.2) is 30.3 Å². The summed E-state index contributed by atoms with van der Waals surface area (Å²) in [5.41, 5.74) is 1.32. The fraction of sp³-hybridized carbons (Fsp3) is 0.500. The molecule has 0 aromatic heterocycles. The van der Waals surface area contributed by atoms with Gasteiger partial charge in [-0.25, -0.2) is 0 Å². The van der Waals surface area contributed by atoms with Gasteiger partial charge in [-0.1, -0.05) is 62.1 Å². The Kier molecular flexibility index (Phi) is 14.3. The maximum absolute atomic E-state index is 9.96. The standard InChI is InChI=1S/C7H14O2.C7H8.H3P/c1-2-3-4-5-6-7(8)9;1-7-5-3-2-4-6-7;/h2-6H2,1H3,(H,8,9);2-6H,1H3;1H3. The van der Waals surface area contributed by atoms with Crippen molar-refractivity contribution < 1.29 is 9.90 Å². The predicted octanol–water partition coefficient (Wildman–Crippen LogP) is 4.09. The first-order valence-electron chi connectivity index (χ1n) is 5.90. The van der Waals surface area contributed by atoms with Gasteiger partial charge in [0.1, 0.15) is 0 Å². The van der Waals surface area contributed by atoms with Gasteiger partial charge in [-0.2, -0.15) is 9.90 Å². The molecule has 3 heteroatoms. The highest BCUT2D eigenvalue weighted by molar-refractivity contribution is 6.92. The molecule has 17 heavy (non-hydrogen) atoms. The monoisotopic (exact) mass is 256 g/mol. The number of benzene rings is 1. The van der Waals surface area contributed by atoms with Crippen molar-refractivity contribution >= 4 is 15.9 Å². The van der Waals surface area contributed by atoms with Crippen LogP contribution < -0.4 is 0 Å². The zero-order valence-electron chi connectivity index (χ0n) is 11.0. The molecule has 0 saturated heterocycles. The first kappa shape index (κ1) is 18.5. The molecule has 0 fully saturated rings. The van der Waals surface area contributed by atoms with Crippen LogP contribution in [0.2, 0.25) is 0 Å². The largest absolute Gasteiger partial charge is 0.481 e. The molecule has 98 valence electrons. The second kappa shape index (κ2) is 13.2. The highest BCUT2D eigenvalue weighted by Gasteiger charge is 1.93. The molecular weight excluding hydrogens is 231 g/mol. The van der Waals surface area contributed by atoms with Crippen LogP contribution in [0.3, 0.4) is 0 Å². The van der Waals surface area contributed by atoms with E-state index in [-0.39, 0.29) is 9.90 Å². The Hall–Kier alpha value is -0.880. The molecule has 1 aromatic carbocycles. The van der Waals surface area contributed by atoms with Crippen LogP contribution in [0.4, 0.5) is 0 Å². The van der Waals surface area contributed by atoms with Crippen LogP contribution in [0, 0.1) is 6.92 Å². The molecule has 0 aliphatic heterocycles. The quantitative estimate of drug-likeness (QED) is 0.636. The Balaban J connectivity index is 0. The normalized spacial score (nSPS) is 8.59. The van der Waals surface area contributed by atoms with E-state index in [4.69, 9.17) is 5.11 Å². The molecule has 2 nitrogen and oxygen atoms in total. The van der Waals surface area contributed by atoms with E-state index >= 15 is 0 Å². The van der Waals surface area contributed by atoms with Crippen LogP contribution in [-0.4, -0.2) is 11.1 Å². The number of carboxylic acids is 1. The third-order valence-electron chi connectivity index (χ3n) is 2.18. The number of aliphatic carboxylic acids is 1. The molecule has 0 aliphatic carbocycles. The van der Waals surface area contributed by atoms with Gasteiger partial charge >= 0.3 is 5.97 Å². The molecule has 0 heterocycles. The molecule has 1 unspecified atom stereocenters. The third kappa shape index (κ3) is 15.1. The van der Waals surface area contributed by atoms with Crippen molar-refractivity contribution in [1.82, 2.24) is 0 Å². The van der Waals surface area contributed by atoms with E-state index in [1.54, 1.807) is 0 Å². The van der Waals surface area contributed by atoms with Crippen molar-refractivity contribution in [3.63, 3.8) is 0 Å². The lowest BCUT2D eigenvalue weighted by Gasteiger charge is -1.92. The molecular formula is C14H25O2P. The second-order valence-corrected chi connectivity index (χ2v) is 3.86. The number of rotatable bonds is 5. The smallest absolute Gasteiger partial charge is 0.303 e. The summed E-state index contributed by atoms with van der Waals surface area (Å²) in [6, 6.07) is 10.3. The van der Waals surface area contributed by atoms with Crippen molar-refractivity contribution in [1.29, 1.82) is 0 Å². The average molecular weight is 256 g/mol. The molecule has 0 radical (unpaired) electrons. The summed E-state index contributed by atoms with van der Waals surface area (Å²) in [7, 11) is 0. The van der Waals surface area contributed by atoms with Gasteiger partial charge in [-0.3, -0.25) is 4.79 Å². The molecule has 1 atom stereocenters. The minimum absolute atomic E-state index is 0. The van der Waals surface area contributed by atoms with Gasteiger partial charge in [0.25, 0.3) is 0 Å². The second-order valence-electron chi connectivity index (χ2n) is 3.86. The number of aryl methyl sites for hydroxylation is 1. The van der Waals surface area contributed by atoms with E-state index in [9.17, 15) is 4.79 Å². The van der Waals surface area contributed by atoms with Gasteiger partial charge in [0.15, 0.2) is 0 Å². The van der Waals surface area contributed by atoms with Crippen LogP contribution in [0.1, 0.15) is 44.6 Å². The highest BCUT2D eigenvalue weighted by Crippen LogP contribution is 2.01. The average Bonchev–Trinajstić information content (AvgIpc) is 2.26. The van der Waals surface area contributed by atoms with Crippen molar-refractivity contribution in [3.8, 4) is 0 Å². The van der Waals surface area contributed by atoms with Gasteiger partial charge in [0.2, 0.25) is 0 Å². The molecule has 0 bridgehead atoms. The Labute approximate surface area is 108 Å². The zero-order valence-corrected chi connectivity index (χ0v) is 12.4. The zero-order chi connectivity index (χ0) is 12.2.